The van der Waals surface area contributed by atoms with Gasteiger partial charge in [-0.2, -0.15) is 0 Å². The Labute approximate surface area is 116 Å². The Hall–Kier alpha value is -1.06. The quantitative estimate of drug-likeness (QED) is 0.877. The third-order valence-electron chi connectivity index (χ3n) is 3.96. The second kappa shape index (κ2) is 6.40. The Balaban J connectivity index is 2.42. The van der Waals surface area contributed by atoms with Gasteiger partial charge in [-0.25, -0.2) is 0 Å². The van der Waals surface area contributed by atoms with Crippen LogP contribution in [-0.4, -0.2) is 37.4 Å². The van der Waals surface area contributed by atoms with Gasteiger partial charge in [0.15, 0.2) is 0 Å². The molecule has 0 aromatic heterocycles. The SMILES string of the molecule is Cc1cccc(C(C)C)c1N1CCCNCC1CO. The van der Waals surface area contributed by atoms with Gasteiger partial charge >= 0.3 is 0 Å². The molecule has 1 aromatic rings. The lowest BCUT2D eigenvalue weighted by Gasteiger charge is -2.34. The van der Waals surface area contributed by atoms with Crippen LogP contribution in [0.25, 0.3) is 0 Å². The van der Waals surface area contributed by atoms with Crippen molar-refractivity contribution < 1.29 is 5.11 Å². The van der Waals surface area contributed by atoms with Crippen LogP contribution in [0.3, 0.4) is 0 Å². The number of para-hydroxylation sites is 1. The van der Waals surface area contributed by atoms with Crippen LogP contribution in [0.4, 0.5) is 5.69 Å². The minimum atomic E-state index is 0.182. The lowest BCUT2D eigenvalue weighted by molar-refractivity contribution is 0.260. The largest absolute Gasteiger partial charge is 0.394 e. The summed E-state index contributed by atoms with van der Waals surface area (Å²) >= 11 is 0. The predicted octanol–water partition coefficient (Wildman–Crippen LogP) is 2.28. The van der Waals surface area contributed by atoms with E-state index in [1.807, 2.05) is 0 Å². The lowest BCUT2D eigenvalue weighted by atomic mass is 9.96. The highest BCUT2D eigenvalue weighted by Crippen LogP contribution is 2.32. The molecule has 0 spiro atoms. The monoisotopic (exact) mass is 262 g/mol. The van der Waals surface area contributed by atoms with Crippen LogP contribution < -0.4 is 10.2 Å². The van der Waals surface area contributed by atoms with Gasteiger partial charge in [0.1, 0.15) is 0 Å². The van der Waals surface area contributed by atoms with Crippen LogP contribution in [0.15, 0.2) is 18.2 Å². The van der Waals surface area contributed by atoms with Gasteiger partial charge in [0.2, 0.25) is 0 Å². The molecular weight excluding hydrogens is 236 g/mol. The topological polar surface area (TPSA) is 35.5 Å². The third kappa shape index (κ3) is 3.10. The second-order valence-electron chi connectivity index (χ2n) is 5.75. The zero-order valence-electron chi connectivity index (χ0n) is 12.3. The second-order valence-corrected chi connectivity index (χ2v) is 5.75. The Kier molecular flexibility index (Phi) is 4.83. The molecule has 0 radical (unpaired) electrons. The smallest absolute Gasteiger partial charge is 0.0647 e. The zero-order chi connectivity index (χ0) is 13.8. The number of aliphatic hydroxyl groups is 1. The fourth-order valence-electron chi connectivity index (χ4n) is 2.93. The van der Waals surface area contributed by atoms with E-state index in [0.29, 0.717) is 5.92 Å². The molecule has 3 nitrogen and oxygen atoms in total. The van der Waals surface area contributed by atoms with E-state index >= 15 is 0 Å². The van der Waals surface area contributed by atoms with E-state index in [2.05, 4.69) is 49.2 Å². The summed E-state index contributed by atoms with van der Waals surface area (Å²) in [5.41, 5.74) is 4.03. The molecule has 2 N–H and O–H groups in total. The van der Waals surface area contributed by atoms with Crippen molar-refractivity contribution in [3.05, 3.63) is 29.3 Å². The van der Waals surface area contributed by atoms with Crippen molar-refractivity contribution in [2.75, 3.05) is 31.1 Å². The lowest BCUT2D eigenvalue weighted by Crippen LogP contribution is -2.43. The summed E-state index contributed by atoms with van der Waals surface area (Å²) in [5.74, 6) is 0.505. The summed E-state index contributed by atoms with van der Waals surface area (Å²) < 4.78 is 0. The zero-order valence-corrected chi connectivity index (χ0v) is 12.3. The first kappa shape index (κ1) is 14.4. The van der Waals surface area contributed by atoms with Crippen molar-refractivity contribution in [2.24, 2.45) is 0 Å². The molecule has 1 unspecified atom stereocenters. The highest BCUT2D eigenvalue weighted by molar-refractivity contribution is 5.61. The number of nitrogens with one attached hydrogen (secondary N) is 1. The molecule has 0 saturated carbocycles. The predicted molar refractivity (Wildman–Crippen MR) is 81.0 cm³/mol. The first-order valence-corrected chi connectivity index (χ1v) is 7.33. The summed E-state index contributed by atoms with van der Waals surface area (Å²) in [4.78, 5) is 2.41. The number of anilines is 1. The van der Waals surface area contributed by atoms with Gasteiger partial charge in [-0.15, -0.1) is 0 Å². The third-order valence-corrected chi connectivity index (χ3v) is 3.96. The number of hydrogen-bond acceptors (Lipinski definition) is 3. The molecular formula is C16H26N2O. The normalized spacial score (nSPS) is 20.7. The fraction of sp³-hybridized carbons (Fsp3) is 0.625. The Morgan fingerprint density at radius 3 is 2.89 bits per heavy atom. The minimum Gasteiger partial charge on any atom is -0.394 e. The molecule has 1 heterocycles. The summed E-state index contributed by atoms with van der Waals surface area (Å²) in [6.45, 7) is 9.78. The molecule has 0 amide bonds. The van der Waals surface area contributed by atoms with Gasteiger partial charge < -0.3 is 15.3 Å². The van der Waals surface area contributed by atoms with Crippen LogP contribution in [-0.2, 0) is 0 Å². The maximum Gasteiger partial charge on any atom is 0.0647 e. The van der Waals surface area contributed by atoms with E-state index in [-0.39, 0.29) is 12.6 Å². The van der Waals surface area contributed by atoms with Crippen LogP contribution in [0, 0.1) is 6.92 Å². The molecule has 0 aliphatic carbocycles. The number of hydrogen-bond donors (Lipinski definition) is 2. The number of aliphatic hydroxyl groups excluding tert-OH is 1. The van der Waals surface area contributed by atoms with Crippen molar-refractivity contribution in [3.63, 3.8) is 0 Å². The molecule has 1 fully saturated rings. The molecule has 1 atom stereocenters. The molecule has 1 aromatic carbocycles. The van der Waals surface area contributed by atoms with Crippen molar-refractivity contribution in [3.8, 4) is 0 Å². The van der Waals surface area contributed by atoms with Crippen LogP contribution in [0.2, 0.25) is 0 Å². The van der Waals surface area contributed by atoms with Crippen molar-refractivity contribution in [1.82, 2.24) is 5.32 Å². The van der Waals surface area contributed by atoms with E-state index < -0.39 is 0 Å². The molecule has 106 valence electrons. The molecule has 19 heavy (non-hydrogen) atoms. The van der Waals surface area contributed by atoms with Crippen LogP contribution >= 0.6 is 0 Å². The highest BCUT2D eigenvalue weighted by Gasteiger charge is 2.24. The average Bonchev–Trinajstić information content (AvgIpc) is 2.63. The Morgan fingerprint density at radius 1 is 1.42 bits per heavy atom. The van der Waals surface area contributed by atoms with E-state index in [0.717, 1.165) is 26.1 Å². The van der Waals surface area contributed by atoms with Gasteiger partial charge in [0.25, 0.3) is 0 Å². The minimum absolute atomic E-state index is 0.182. The first-order valence-electron chi connectivity index (χ1n) is 7.33. The first-order chi connectivity index (χ1) is 9.15. The van der Waals surface area contributed by atoms with Gasteiger partial charge in [-0.05, 0) is 36.9 Å². The summed E-state index contributed by atoms with van der Waals surface area (Å²) in [6, 6.07) is 6.72. The summed E-state index contributed by atoms with van der Waals surface area (Å²) in [6.07, 6.45) is 1.13. The van der Waals surface area contributed by atoms with Gasteiger partial charge in [0.05, 0.1) is 12.6 Å². The fourth-order valence-corrected chi connectivity index (χ4v) is 2.93. The van der Waals surface area contributed by atoms with E-state index in [1.54, 1.807) is 0 Å². The van der Waals surface area contributed by atoms with Crippen LogP contribution in [0.1, 0.15) is 37.3 Å². The maximum absolute atomic E-state index is 9.69. The van der Waals surface area contributed by atoms with E-state index in [9.17, 15) is 5.11 Å². The van der Waals surface area contributed by atoms with Crippen molar-refractivity contribution >= 4 is 5.69 Å². The maximum atomic E-state index is 9.69. The number of nitrogens with zero attached hydrogens (tertiary/aromatic N) is 1. The van der Waals surface area contributed by atoms with Crippen molar-refractivity contribution in [1.29, 1.82) is 0 Å². The van der Waals surface area contributed by atoms with Crippen molar-refractivity contribution in [2.45, 2.75) is 39.2 Å². The summed E-state index contributed by atoms with van der Waals surface area (Å²) in [5, 5.41) is 13.1. The van der Waals surface area contributed by atoms with E-state index in [1.165, 1.54) is 16.8 Å². The standard InChI is InChI=1S/C16H26N2O/c1-12(2)15-7-4-6-13(3)16(15)18-9-5-8-17-10-14(18)11-19/h4,6-7,12,14,17,19H,5,8-11H2,1-3H3. The van der Waals surface area contributed by atoms with Crippen LogP contribution in [0.5, 0.6) is 0 Å². The average molecular weight is 262 g/mol. The molecule has 1 saturated heterocycles. The molecule has 0 bridgehead atoms. The Morgan fingerprint density at radius 2 is 2.21 bits per heavy atom. The van der Waals surface area contributed by atoms with Gasteiger partial charge in [-0.1, -0.05) is 32.0 Å². The summed E-state index contributed by atoms with van der Waals surface area (Å²) in [7, 11) is 0. The highest BCUT2D eigenvalue weighted by atomic mass is 16.3. The number of rotatable bonds is 3. The molecule has 1 aliphatic rings. The van der Waals surface area contributed by atoms with Gasteiger partial charge in [-0.3, -0.25) is 0 Å². The molecule has 3 heteroatoms. The number of aryl methyl sites for hydroxylation is 1. The molecule has 1 aliphatic heterocycles. The molecule has 2 rings (SSSR count). The van der Waals surface area contributed by atoms with Gasteiger partial charge in [0, 0.05) is 18.8 Å². The Bertz CT molecular complexity index is 417. The number of benzene rings is 1. The van der Waals surface area contributed by atoms with E-state index in [4.69, 9.17) is 0 Å².